The highest BCUT2D eigenvalue weighted by Crippen LogP contribution is 2.32. The molecule has 0 fully saturated rings. The summed E-state index contributed by atoms with van der Waals surface area (Å²) in [5.74, 6) is -0.906. The van der Waals surface area contributed by atoms with Gasteiger partial charge in [-0.05, 0) is 6.92 Å². The van der Waals surface area contributed by atoms with Gasteiger partial charge in [0.25, 0.3) is 0 Å². The number of carbonyl (C=O) groups excluding carboxylic acids is 1. The van der Waals surface area contributed by atoms with Crippen molar-refractivity contribution in [2.75, 3.05) is 6.61 Å². The van der Waals surface area contributed by atoms with E-state index in [4.69, 9.17) is 4.74 Å². The molecule has 0 atom stereocenters. The van der Waals surface area contributed by atoms with Crippen LogP contribution in [0.3, 0.4) is 0 Å². The summed E-state index contributed by atoms with van der Waals surface area (Å²) in [6, 6.07) is 0. The summed E-state index contributed by atoms with van der Waals surface area (Å²) in [7, 11) is 0. The SMILES string of the molecule is CCOC(=O)c1sc(-c2cnc3cnccn23)nc1O. The molecule has 0 bridgehead atoms. The lowest BCUT2D eigenvalue weighted by Crippen LogP contribution is -2.02. The van der Waals surface area contributed by atoms with E-state index in [1.54, 1.807) is 36.1 Å². The molecule has 0 aliphatic carbocycles. The number of thiazole rings is 1. The first-order valence-corrected chi connectivity index (χ1v) is 6.66. The van der Waals surface area contributed by atoms with Crippen LogP contribution in [0.15, 0.2) is 24.8 Å². The highest BCUT2D eigenvalue weighted by Gasteiger charge is 2.21. The van der Waals surface area contributed by atoms with E-state index in [0.29, 0.717) is 16.3 Å². The molecule has 0 amide bonds. The van der Waals surface area contributed by atoms with Gasteiger partial charge in [0.05, 0.1) is 19.0 Å². The molecule has 0 aliphatic heterocycles. The number of ether oxygens (including phenoxy) is 1. The fourth-order valence-corrected chi connectivity index (χ4v) is 2.61. The minimum absolute atomic E-state index is 0.0888. The first-order chi connectivity index (χ1) is 9.70. The molecule has 102 valence electrons. The van der Waals surface area contributed by atoms with Crippen molar-refractivity contribution < 1.29 is 14.6 Å². The summed E-state index contributed by atoms with van der Waals surface area (Å²) in [6.07, 6.45) is 6.59. The van der Waals surface area contributed by atoms with Gasteiger partial charge in [0.2, 0.25) is 5.88 Å². The number of fused-ring (bicyclic) bond motifs is 1. The van der Waals surface area contributed by atoms with Crippen LogP contribution in [0.2, 0.25) is 0 Å². The minimum Gasteiger partial charge on any atom is -0.492 e. The molecule has 8 heteroatoms. The lowest BCUT2D eigenvalue weighted by atomic mass is 10.5. The van der Waals surface area contributed by atoms with Gasteiger partial charge >= 0.3 is 5.97 Å². The average molecular weight is 290 g/mol. The maximum Gasteiger partial charge on any atom is 0.353 e. The molecule has 3 rings (SSSR count). The monoisotopic (exact) mass is 290 g/mol. The van der Waals surface area contributed by atoms with Crippen LogP contribution in [-0.2, 0) is 4.74 Å². The standard InChI is InChI=1S/C12H10N4O3S/c1-2-19-12(18)9-10(17)15-11(20-9)7-5-14-8-6-13-3-4-16(7)8/h3-6,17H,2H2,1H3. The lowest BCUT2D eigenvalue weighted by Gasteiger charge is -1.97. The Hall–Kier alpha value is -2.48. The molecule has 0 aromatic carbocycles. The van der Waals surface area contributed by atoms with Crippen LogP contribution in [0.4, 0.5) is 0 Å². The average Bonchev–Trinajstić information content (AvgIpc) is 3.02. The van der Waals surface area contributed by atoms with Gasteiger partial charge in [0.1, 0.15) is 10.7 Å². The van der Waals surface area contributed by atoms with E-state index in [9.17, 15) is 9.90 Å². The molecule has 0 unspecified atom stereocenters. The molecule has 0 saturated heterocycles. The van der Waals surface area contributed by atoms with Crippen molar-refractivity contribution in [3.05, 3.63) is 29.7 Å². The van der Waals surface area contributed by atoms with Crippen LogP contribution in [0.25, 0.3) is 16.3 Å². The third-order valence-electron chi connectivity index (χ3n) is 2.61. The summed E-state index contributed by atoms with van der Waals surface area (Å²) in [6.45, 7) is 1.95. The molecule has 7 nitrogen and oxygen atoms in total. The summed E-state index contributed by atoms with van der Waals surface area (Å²) in [4.78, 5) is 23.9. The quantitative estimate of drug-likeness (QED) is 0.739. The molecule has 3 aromatic rings. The van der Waals surface area contributed by atoms with Gasteiger partial charge < -0.3 is 9.84 Å². The van der Waals surface area contributed by atoms with Crippen molar-refractivity contribution in [1.82, 2.24) is 19.4 Å². The van der Waals surface area contributed by atoms with E-state index in [1.807, 2.05) is 0 Å². The zero-order valence-electron chi connectivity index (χ0n) is 10.5. The number of esters is 1. The number of hydrogen-bond acceptors (Lipinski definition) is 7. The first kappa shape index (κ1) is 12.5. The minimum atomic E-state index is -0.579. The van der Waals surface area contributed by atoms with E-state index in [1.165, 1.54) is 0 Å². The number of rotatable bonds is 3. The first-order valence-electron chi connectivity index (χ1n) is 5.85. The van der Waals surface area contributed by atoms with Gasteiger partial charge in [-0.2, -0.15) is 4.98 Å². The van der Waals surface area contributed by atoms with E-state index in [-0.39, 0.29) is 17.4 Å². The number of aromatic hydroxyl groups is 1. The summed E-state index contributed by atoms with van der Waals surface area (Å²) < 4.78 is 6.64. The van der Waals surface area contributed by atoms with Gasteiger partial charge in [0.15, 0.2) is 10.5 Å². The van der Waals surface area contributed by atoms with Crippen molar-refractivity contribution in [1.29, 1.82) is 0 Å². The van der Waals surface area contributed by atoms with E-state index < -0.39 is 5.97 Å². The van der Waals surface area contributed by atoms with Crippen LogP contribution < -0.4 is 0 Å². The lowest BCUT2D eigenvalue weighted by molar-refractivity contribution is 0.0528. The molecular weight excluding hydrogens is 280 g/mol. The third kappa shape index (κ3) is 1.99. The van der Waals surface area contributed by atoms with E-state index >= 15 is 0 Å². The van der Waals surface area contributed by atoms with Crippen molar-refractivity contribution in [3.63, 3.8) is 0 Å². The predicted molar refractivity (Wildman–Crippen MR) is 71.7 cm³/mol. The fourth-order valence-electron chi connectivity index (χ4n) is 1.75. The Morgan fingerprint density at radius 3 is 3.15 bits per heavy atom. The zero-order chi connectivity index (χ0) is 14.1. The normalized spacial score (nSPS) is 10.8. The number of nitrogens with zero attached hydrogens (tertiary/aromatic N) is 4. The zero-order valence-corrected chi connectivity index (χ0v) is 11.3. The topological polar surface area (TPSA) is 89.6 Å². The Labute approximate surface area is 117 Å². The highest BCUT2D eigenvalue weighted by molar-refractivity contribution is 7.17. The number of aromatic nitrogens is 4. The fraction of sp³-hybridized carbons (Fsp3) is 0.167. The van der Waals surface area contributed by atoms with Gasteiger partial charge in [-0.3, -0.25) is 9.38 Å². The van der Waals surface area contributed by atoms with Crippen molar-refractivity contribution >= 4 is 23.0 Å². The molecular formula is C12H10N4O3S. The second-order valence-electron chi connectivity index (χ2n) is 3.84. The van der Waals surface area contributed by atoms with Crippen molar-refractivity contribution in [2.45, 2.75) is 6.92 Å². The van der Waals surface area contributed by atoms with Gasteiger partial charge in [0, 0.05) is 12.4 Å². The van der Waals surface area contributed by atoms with Gasteiger partial charge in [-0.15, -0.1) is 11.3 Å². The van der Waals surface area contributed by atoms with E-state index in [0.717, 1.165) is 11.3 Å². The molecule has 0 radical (unpaired) electrons. The van der Waals surface area contributed by atoms with E-state index in [2.05, 4.69) is 15.0 Å². The van der Waals surface area contributed by atoms with Crippen molar-refractivity contribution in [3.8, 4) is 16.6 Å². The Morgan fingerprint density at radius 1 is 1.50 bits per heavy atom. The molecule has 20 heavy (non-hydrogen) atoms. The third-order valence-corrected chi connectivity index (χ3v) is 3.65. The molecule has 0 saturated carbocycles. The molecule has 3 aromatic heterocycles. The van der Waals surface area contributed by atoms with Crippen LogP contribution in [0, 0.1) is 0 Å². The van der Waals surface area contributed by atoms with Gasteiger partial charge in [-0.25, -0.2) is 9.78 Å². The van der Waals surface area contributed by atoms with Crippen LogP contribution in [0.5, 0.6) is 5.88 Å². The summed E-state index contributed by atoms with van der Waals surface area (Å²) >= 11 is 1.06. The molecule has 3 heterocycles. The Balaban J connectivity index is 2.07. The highest BCUT2D eigenvalue weighted by atomic mass is 32.1. The van der Waals surface area contributed by atoms with Gasteiger partial charge in [-0.1, -0.05) is 0 Å². The Morgan fingerprint density at radius 2 is 2.35 bits per heavy atom. The predicted octanol–water partition coefficient (Wildman–Crippen LogP) is 1.74. The number of carbonyl (C=O) groups is 1. The second-order valence-corrected chi connectivity index (χ2v) is 4.84. The van der Waals surface area contributed by atoms with Crippen LogP contribution >= 0.6 is 11.3 Å². The Kier molecular flexibility index (Phi) is 3.07. The number of hydrogen-bond donors (Lipinski definition) is 1. The summed E-state index contributed by atoms with van der Waals surface area (Å²) in [5, 5.41) is 10.2. The second kappa shape index (κ2) is 4.89. The Bertz CT molecular complexity index is 780. The molecule has 0 spiro atoms. The van der Waals surface area contributed by atoms with Crippen LogP contribution in [-0.4, -0.2) is 37.0 Å². The van der Waals surface area contributed by atoms with Crippen LogP contribution in [0.1, 0.15) is 16.6 Å². The summed E-state index contributed by atoms with van der Waals surface area (Å²) in [5.41, 5.74) is 1.34. The molecule has 0 aliphatic rings. The maximum absolute atomic E-state index is 11.7. The largest absolute Gasteiger partial charge is 0.492 e. The number of imidazole rings is 1. The smallest absolute Gasteiger partial charge is 0.353 e. The maximum atomic E-state index is 11.7. The van der Waals surface area contributed by atoms with Crippen molar-refractivity contribution in [2.24, 2.45) is 0 Å². The molecule has 1 N–H and O–H groups in total.